The van der Waals surface area contributed by atoms with E-state index in [1.807, 2.05) is 20.9 Å². The lowest BCUT2D eigenvalue weighted by Crippen LogP contribution is -2.44. The number of carbonyl (C=O) groups is 1. The zero-order chi connectivity index (χ0) is 18.7. The molecule has 7 nitrogen and oxygen atoms in total. The van der Waals surface area contributed by atoms with Crippen molar-refractivity contribution >= 4 is 29.9 Å². The van der Waals surface area contributed by atoms with Crippen molar-refractivity contribution in [3.05, 3.63) is 46.6 Å². The number of nitrogens with zero attached hydrogens (tertiary/aromatic N) is 3. The predicted molar refractivity (Wildman–Crippen MR) is 106 cm³/mol. The average Bonchev–Trinajstić information content (AvgIpc) is 3.09. The second-order valence-electron chi connectivity index (χ2n) is 6.87. The number of benzene rings is 1. The Bertz CT molecular complexity index is 768. The number of rotatable bonds is 5. The van der Waals surface area contributed by atoms with Crippen LogP contribution in [-0.4, -0.2) is 47.6 Å². The van der Waals surface area contributed by atoms with E-state index < -0.39 is 0 Å². The van der Waals surface area contributed by atoms with Crippen LogP contribution >= 0.6 is 24.0 Å². The highest BCUT2D eigenvalue weighted by Crippen LogP contribution is 2.25. The predicted octanol–water partition coefficient (Wildman–Crippen LogP) is 2.85. The molecule has 2 aromatic rings. The van der Waals surface area contributed by atoms with Crippen molar-refractivity contribution in [2.24, 2.45) is 5.92 Å². The Balaban J connectivity index is 0.00000261. The van der Waals surface area contributed by atoms with Crippen molar-refractivity contribution in [1.82, 2.24) is 25.7 Å². The highest BCUT2D eigenvalue weighted by molar-refractivity contribution is 6.33. The molecule has 2 heterocycles. The number of hydrogen-bond donors (Lipinski definition) is 2. The molecule has 1 aliphatic rings. The van der Waals surface area contributed by atoms with Crippen molar-refractivity contribution in [2.75, 3.05) is 26.7 Å². The number of aromatic nitrogens is 2. The van der Waals surface area contributed by atoms with Crippen LogP contribution in [0.1, 0.15) is 48.0 Å². The molecule has 1 saturated heterocycles. The molecule has 2 unspecified atom stereocenters. The van der Waals surface area contributed by atoms with E-state index in [0.717, 1.165) is 19.6 Å². The van der Waals surface area contributed by atoms with Crippen molar-refractivity contribution in [3.63, 3.8) is 0 Å². The van der Waals surface area contributed by atoms with E-state index >= 15 is 0 Å². The zero-order valence-corrected chi connectivity index (χ0v) is 17.2. The quantitative estimate of drug-likeness (QED) is 0.783. The summed E-state index contributed by atoms with van der Waals surface area (Å²) in [5.41, 5.74) is 0.427. The minimum absolute atomic E-state index is 0. The van der Waals surface area contributed by atoms with Gasteiger partial charge in [0.15, 0.2) is 5.82 Å². The van der Waals surface area contributed by atoms with Crippen LogP contribution in [-0.2, 0) is 0 Å². The summed E-state index contributed by atoms with van der Waals surface area (Å²) >= 11 is 6.13. The number of amides is 1. The molecule has 148 valence electrons. The molecular formula is C18H25Cl2N5O2. The number of likely N-dealkylation sites (N-methyl/N-ethyl adjacent to an activating group) is 1. The van der Waals surface area contributed by atoms with Crippen LogP contribution in [0.3, 0.4) is 0 Å². The molecule has 1 aromatic heterocycles. The van der Waals surface area contributed by atoms with Crippen LogP contribution < -0.4 is 10.6 Å². The van der Waals surface area contributed by atoms with Crippen molar-refractivity contribution in [2.45, 2.75) is 25.9 Å². The van der Waals surface area contributed by atoms with Crippen LogP contribution in [0.15, 0.2) is 28.8 Å². The van der Waals surface area contributed by atoms with Gasteiger partial charge in [-0.2, -0.15) is 4.98 Å². The molecule has 1 aromatic carbocycles. The minimum atomic E-state index is -0.387. The van der Waals surface area contributed by atoms with Crippen molar-refractivity contribution in [1.29, 1.82) is 0 Å². The van der Waals surface area contributed by atoms with Crippen LogP contribution in [0.5, 0.6) is 0 Å². The molecule has 0 radical (unpaired) electrons. The van der Waals surface area contributed by atoms with E-state index in [1.165, 1.54) is 0 Å². The van der Waals surface area contributed by atoms with Gasteiger partial charge in [-0.05, 0) is 25.1 Å². The monoisotopic (exact) mass is 413 g/mol. The second kappa shape index (κ2) is 9.50. The van der Waals surface area contributed by atoms with Crippen molar-refractivity contribution in [3.8, 4) is 0 Å². The van der Waals surface area contributed by atoms with Crippen LogP contribution in [0.25, 0.3) is 0 Å². The fraction of sp³-hybridized carbons (Fsp3) is 0.500. The third-order valence-corrected chi connectivity index (χ3v) is 4.93. The maximum absolute atomic E-state index is 12.6. The average molecular weight is 414 g/mol. The topological polar surface area (TPSA) is 83.3 Å². The zero-order valence-electron chi connectivity index (χ0n) is 15.6. The van der Waals surface area contributed by atoms with Crippen LogP contribution in [0.2, 0.25) is 5.02 Å². The van der Waals surface area contributed by atoms with Gasteiger partial charge >= 0.3 is 0 Å². The van der Waals surface area contributed by atoms with Crippen molar-refractivity contribution < 1.29 is 9.32 Å². The normalized spacial score (nSPS) is 18.8. The molecule has 1 amide bonds. The summed E-state index contributed by atoms with van der Waals surface area (Å²) in [5.74, 6) is 0.865. The van der Waals surface area contributed by atoms with E-state index in [1.54, 1.807) is 24.3 Å². The number of hydrogen-bond acceptors (Lipinski definition) is 6. The number of halogens is 2. The highest BCUT2D eigenvalue weighted by Gasteiger charge is 2.29. The van der Waals surface area contributed by atoms with E-state index in [9.17, 15) is 4.79 Å². The Kier molecular flexibility index (Phi) is 7.61. The summed E-state index contributed by atoms with van der Waals surface area (Å²) < 4.78 is 5.49. The van der Waals surface area contributed by atoms with Gasteiger partial charge in [-0.25, -0.2) is 0 Å². The Morgan fingerprint density at radius 2 is 2.15 bits per heavy atom. The lowest BCUT2D eigenvalue weighted by atomic mass is 10.0. The van der Waals surface area contributed by atoms with Gasteiger partial charge < -0.3 is 15.2 Å². The maximum Gasteiger partial charge on any atom is 0.253 e. The first-order chi connectivity index (χ1) is 12.5. The molecule has 0 bridgehead atoms. The Labute approximate surface area is 170 Å². The Morgan fingerprint density at radius 3 is 2.81 bits per heavy atom. The van der Waals surface area contributed by atoms with Gasteiger partial charge in [0.2, 0.25) is 5.89 Å². The van der Waals surface area contributed by atoms with Gasteiger partial charge in [0.05, 0.1) is 16.6 Å². The summed E-state index contributed by atoms with van der Waals surface area (Å²) in [6.45, 7) is 6.63. The standard InChI is InChI=1S/C18H24ClN5O2.ClH/c1-11(2)15(21-17(25)12-6-4-5-7-13(12)19)18-22-16(23-26-18)14-10-20-8-9-24(14)3;/h4-7,11,14-15,20H,8-10H2,1-3H3,(H,21,25);1H. The van der Waals surface area contributed by atoms with Gasteiger partial charge in [0.25, 0.3) is 5.91 Å². The fourth-order valence-electron chi connectivity index (χ4n) is 2.98. The van der Waals surface area contributed by atoms with Gasteiger partial charge in [-0.3, -0.25) is 9.69 Å². The molecule has 9 heteroatoms. The molecule has 27 heavy (non-hydrogen) atoms. The van der Waals surface area contributed by atoms with E-state index in [-0.39, 0.29) is 36.3 Å². The highest BCUT2D eigenvalue weighted by atomic mass is 35.5. The lowest BCUT2D eigenvalue weighted by Gasteiger charge is -2.30. The summed E-state index contributed by atoms with van der Waals surface area (Å²) in [7, 11) is 2.04. The number of piperazine rings is 1. The van der Waals surface area contributed by atoms with Crippen LogP contribution in [0.4, 0.5) is 0 Å². The molecule has 3 rings (SSSR count). The number of carbonyl (C=O) groups excluding carboxylic acids is 1. The summed E-state index contributed by atoms with van der Waals surface area (Å²) in [5, 5.41) is 10.9. The SMILES string of the molecule is CC(C)C(NC(=O)c1ccccc1Cl)c1nc(C2CNCCN2C)no1.Cl. The first-order valence-corrected chi connectivity index (χ1v) is 9.15. The Morgan fingerprint density at radius 1 is 1.41 bits per heavy atom. The van der Waals surface area contributed by atoms with Gasteiger partial charge in [-0.15, -0.1) is 12.4 Å². The molecule has 2 atom stereocenters. The fourth-order valence-corrected chi connectivity index (χ4v) is 3.20. The van der Waals surface area contributed by atoms with Gasteiger partial charge in [0.1, 0.15) is 6.04 Å². The first kappa shape index (κ1) is 21.6. The lowest BCUT2D eigenvalue weighted by molar-refractivity contribution is 0.0914. The van der Waals surface area contributed by atoms with E-state index in [2.05, 4.69) is 25.7 Å². The van der Waals surface area contributed by atoms with E-state index in [4.69, 9.17) is 16.1 Å². The van der Waals surface area contributed by atoms with Gasteiger partial charge in [-0.1, -0.05) is 42.7 Å². The smallest absolute Gasteiger partial charge is 0.253 e. The summed E-state index contributed by atoms with van der Waals surface area (Å²) in [4.78, 5) is 19.4. The second-order valence-corrected chi connectivity index (χ2v) is 7.27. The minimum Gasteiger partial charge on any atom is -0.340 e. The summed E-state index contributed by atoms with van der Waals surface area (Å²) in [6.07, 6.45) is 0. The maximum atomic E-state index is 12.6. The third-order valence-electron chi connectivity index (χ3n) is 4.60. The molecule has 0 aliphatic carbocycles. The first-order valence-electron chi connectivity index (χ1n) is 8.77. The molecule has 1 fully saturated rings. The molecule has 0 saturated carbocycles. The molecular weight excluding hydrogens is 389 g/mol. The Hall–Kier alpha value is -1.67. The van der Waals surface area contributed by atoms with E-state index in [0.29, 0.717) is 22.3 Å². The molecule has 1 aliphatic heterocycles. The number of nitrogens with one attached hydrogen (secondary N) is 2. The van der Waals surface area contributed by atoms with Gasteiger partial charge in [0, 0.05) is 19.6 Å². The third kappa shape index (κ3) is 4.99. The summed E-state index contributed by atoms with van der Waals surface area (Å²) in [6, 6.07) is 6.63. The largest absolute Gasteiger partial charge is 0.340 e. The van der Waals surface area contributed by atoms with Crippen LogP contribution in [0, 0.1) is 5.92 Å². The molecule has 2 N–H and O–H groups in total. The molecule has 0 spiro atoms.